The topological polar surface area (TPSA) is 50.7 Å². The molecule has 0 aromatic heterocycles. The Kier molecular flexibility index (Phi) is 5.26. The molecule has 0 atom stereocenters. The Balaban J connectivity index is 2.03. The maximum atomic E-state index is 13.0. The molecule has 0 aliphatic carbocycles. The molecule has 0 aliphatic heterocycles. The lowest BCUT2D eigenvalue weighted by atomic mass is 10.2. The van der Waals surface area contributed by atoms with E-state index in [4.69, 9.17) is 4.74 Å². The molecule has 108 valence electrons. The standard InChI is InChI=1S/C15H12FIN2O2/c1-21-14-6-5-11(8-13(14)17)15(20)19-18-9-10-3-2-4-12(16)7-10/h2-9H,1H3,(H,19,20). The number of hydrazone groups is 1. The van der Waals surface area contributed by atoms with Crippen LogP contribution in [0.1, 0.15) is 15.9 Å². The number of ether oxygens (including phenoxy) is 1. The predicted octanol–water partition coefficient (Wildman–Crippen LogP) is 3.20. The van der Waals surface area contributed by atoms with Gasteiger partial charge in [0.2, 0.25) is 0 Å². The Hall–Kier alpha value is -1.96. The van der Waals surface area contributed by atoms with Crippen molar-refractivity contribution in [2.75, 3.05) is 7.11 Å². The largest absolute Gasteiger partial charge is 0.496 e. The zero-order chi connectivity index (χ0) is 15.2. The average Bonchev–Trinajstić information content (AvgIpc) is 2.47. The van der Waals surface area contributed by atoms with Gasteiger partial charge in [0.25, 0.3) is 5.91 Å². The molecular formula is C15H12FIN2O2. The molecule has 1 amide bonds. The van der Waals surface area contributed by atoms with Crippen LogP contribution in [0.3, 0.4) is 0 Å². The van der Waals surface area contributed by atoms with Crippen molar-refractivity contribution in [1.82, 2.24) is 5.43 Å². The Bertz CT molecular complexity index is 689. The number of amides is 1. The van der Waals surface area contributed by atoms with Gasteiger partial charge < -0.3 is 4.74 Å². The highest BCUT2D eigenvalue weighted by Crippen LogP contribution is 2.21. The van der Waals surface area contributed by atoms with E-state index in [1.165, 1.54) is 18.3 Å². The second kappa shape index (κ2) is 7.16. The summed E-state index contributed by atoms with van der Waals surface area (Å²) in [7, 11) is 1.57. The van der Waals surface area contributed by atoms with Crippen molar-refractivity contribution >= 4 is 34.7 Å². The van der Waals surface area contributed by atoms with Gasteiger partial charge in [-0.1, -0.05) is 12.1 Å². The molecule has 0 spiro atoms. The molecule has 0 aliphatic rings. The van der Waals surface area contributed by atoms with Gasteiger partial charge in [-0.25, -0.2) is 9.82 Å². The van der Waals surface area contributed by atoms with Crippen molar-refractivity contribution in [3.63, 3.8) is 0 Å². The number of carbonyl (C=O) groups is 1. The third-order valence-electron chi connectivity index (χ3n) is 2.64. The zero-order valence-corrected chi connectivity index (χ0v) is 13.3. The van der Waals surface area contributed by atoms with Crippen molar-refractivity contribution in [3.8, 4) is 5.75 Å². The van der Waals surface area contributed by atoms with E-state index in [0.29, 0.717) is 16.9 Å². The zero-order valence-electron chi connectivity index (χ0n) is 11.1. The summed E-state index contributed by atoms with van der Waals surface area (Å²) in [6.07, 6.45) is 1.38. The van der Waals surface area contributed by atoms with Gasteiger partial charge in [-0.15, -0.1) is 0 Å². The van der Waals surface area contributed by atoms with Crippen LogP contribution in [0.25, 0.3) is 0 Å². The Morgan fingerprint density at radius 2 is 2.14 bits per heavy atom. The van der Waals surface area contributed by atoms with Crippen LogP contribution in [0.4, 0.5) is 4.39 Å². The van der Waals surface area contributed by atoms with Crippen LogP contribution in [0.2, 0.25) is 0 Å². The number of halogens is 2. The lowest BCUT2D eigenvalue weighted by molar-refractivity contribution is 0.0955. The maximum absolute atomic E-state index is 13.0. The molecule has 0 bridgehead atoms. The summed E-state index contributed by atoms with van der Waals surface area (Å²) in [5, 5.41) is 3.81. The van der Waals surface area contributed by atoms with E-state index in [-0.39, 0.29) is 11.7 Å². The molecule has 0 fully saturated rings. The first kappa shape index (κ1) is 15.4. The van der Waals surface area contributed by atoms with Gasteiger partial charge in [0.15, 0.2) is 0 Å². The number of carbonyl (C=O) groups excluding carboxylic acids is 1. The van der Waals surface area contributed by atoms with Crippen LogP contribution in [0, 0.1) is 9.39 Å². The van der Waals surface area contributed by atoms with E-state index in [1.807, 2.05) is 0 Å². The monoisotopic (exact) mass is 398 g/mol. The number of hydrogen-bond acceptors (Lipinski definition) is 3. The van der Waals surface area contributed by atoms with Crippen LogP contribution in [0.5, 0.6) is 5.75 Å². The van der Waals surface area contributed by atoms with Crippen LogP contribution >= 0.6 is 22.6 Å². The second-order valence-electron chi connectivity index (χ2n) is 4.10. The van der Waals surface area contributed by atoms with Crippen LogP contribution in [0.15, 0.2) is 47.6 Å². The highest BCUT2D eigenvalue weighted by Gasteiger charge is 2.07. The third-order valence-corrected chi connectivity index (χ3v) is 3.49. The SMILES string of the molecule is COc1ccc(C(=O)NN=Cc2cccc(F)c2)cc1I. The lowest BCUT2D eigenvalue weighted by Crippen LogP contribution is -2.17. The van der Waals surface area contributed by atoms with E-state index in [9.17, 15) is 9.18 Å². The molecule has 0 heterocycles. The minimum absolute atomic E-state index is 0.344. The number of benzene rings is 2. The van der Waals surface area contributed by atoms with E-state index in [0.717, 1.165) is 3.57 Å². The fourth-order valence-electron chi connectivity index (χ4n) is 1.62. The molecule has 2 rings (SSSR count). The molecular weight excluding hydrogens is 386 g/mol. The van der Waals surface area contributed by atoms with Gasteiger partial charge in [-0.2, -0.15) is 5.10 Å². The fourth-order valence-corrected chi connectivity index (χ4v) is 2.36. The van der Waals surface area contributed by atoms with Gasteiger partial charge in [0.05, 0.1) is 16.9 Å². The maximum Gasteiger partial charge on any atom is 0.271 e. The summed E-state index contributed by atoms with van der Waals surface area (Å²) >= 11 is 2.08. The molecule has 0 saturated heterocycles. The number of hydrogen-bond donors (Lipinski definition) is 1. The number of nitrogens with zero attached hydrogens (tertiary/aromatic N) is 1. The smallest absolute Gasteiger partial charge is 0.271 e. The van der Waals surface area contributed by atoms with Crippen LogP contribution in [-0.4, -0.2) is 19.2 Å². The molecule has 4 nitrogen and oxygen atoms in total. The summed E-state index contributed by atoms with van der Waals surface area (Å²) in [6.45, 7) is 0. The summed E-state index contributed by atoms with van der Waals surface area (Å²) in [4.78, 5) is 11.9. The van der Waals surface area contributed by atoms with Crippen molar-refractivity contribution in [1.29, 1.82) is 0 Å². The number of rotatable bonds is 4. The third kappa shape index (κ3) is 4.25. The summed E-state index contributed by atoms with van der Waals surface area (Å²) < 4.78 is 18.9. The van der Waals surface area contributed by atoms with Gasteiger partial charge in [-0.3, -0.25) is 4.79 Å². The van der Waals surface area contributed by atoms with Gasteiger partial charge in [0.1, 0.15) is 11.6 Å². The van der Waals surface area contributed by atoms with E-state index in [2.05, 4.69) is 33.1 Å². The van der Waals surface area contributed by atoms with Gasteiger partial charge in [0, 0.05) is 5.56 Å². The molecule has 2 aromatic rings. The average molecular weight is 398 g/mol. The predicted molar refractivity (Wildman–Crippen MR) is 87.2 cm³/mol. The molecule has 6 heteroatoms. The van der Waals surface area contributed by atoms with Crippen LogP contribution < -0.4 is 10.2 Å². The molecule has 0 unspecified atom stereocenters. The Morgan fingerprint density at radius 3 is 2.81 bits per heavy atom. The molecule has 0 saturated carbocycles. The highest BCUT2D eigenvalue weighted by atomic mass is 127. The first-order chi connectivity index (χ1) is 10.1. The fraction of sp³-hybridized carbons (Fsp3) is 0.0667. The van der Waals surface area contributed by atoms with Crippen molar-refractivity contribution in [2.24, 2.45) is 5.10 Å². The lowest BCUT2D eigenvalue weighted by Gasteiger charge is -2.05. The summed E-state index contributed by atoms with van der Waals surface area (Å²) in [5.41, 5.74) is 3.43. The van der Waals surface area contributed by atoms with Crippen molar-refractivity contribution < 1.29 is 13.9 Å². The quantitative estimate of drug-likeness (QED) is 0.489. The van der Waals surface area contributed by atoms with E-state index < -0.39 is 0 Å². The van der Waals surface area contributed by atoms with Gasteiger partial charge in [-0.05, 0) is 58.5 Å². The number of nitrogens with one attached hydrogen (secondary N) is 1. The van der Waals surface area contributed by atoms with Gasteiger partial charge >= 0.3 is 0 Å². The van der Waals surface area contributed by atoms with Crippen molar-refractivity contribution in [3.05, 3.63) is 63.0 Å². The molecule has 1 N–H and O–H groups in total. The van der Waals surface area contributed by atoms with E-state index in [1.54, 1.807) is 37.4 Å². The second-order valence-corrected chi connectivity index (χ2v) is 5.27. The first-order valence-electron chi connectivity index (χ1n) is 6.02. The highest BCUT2D eigenvalue weighted by molar-refractivity contribution is 14.1. The first-order valence-corrected chi connectivity index (χ1v) is 7.10. The normalized spacial score (nSPS) is 10.6. The van der Waals surface area contributed by atoms with Crippen molar-refractivity contribution in [2.45, 2.75) is 0 Å². The molecule has 21 heavy (non-hydrogen) atoms. The summed E-state index contributed by atoms with van der Waals surface area (Å²) in [5.74, 6) is 0.00798. The minimum atomic E-state index is -0.352. The minimum Gasteiger partial charge on any atom is -0.496 e. The Morgan fingerprint density at radius 1 is 1.33 bits per heavy atom. The summed E-state index contributed by atoms with van der Waals surface area (Å²) in [6, 6.07) is 11.0. The van der Waals surface area contributed by atoms with E-state index >= 15 is 0 Å². The van der Waals surface area contributed by atoms with Crippen LogP contribution in [-0.2, 0) is 0 Å². The Labute approximate surface area is 135 Å². The molecule has 2 aromatic carbocycles. The number of methoxy groups -OCH3 is 1. The molecule has 0 radical (unpaired) electrons.